The van der Waals surface area contributed by atoms with Crippen LogP contribution in [0.5, 0.6) is 0 Å². The predicted molar refractivity (Wildman–Crippen MR) is 86.7 cm³/mol. The van der Waals surface area contributed by atoms with Gasteiger partial charge in [-0.05, 0) is 43.4 Å². The minimum Gasteiger partial charge on any atom is -0.376 e. The molecule has 1 saturated carbocycles. The summed E-state index contributed by atoms with van der Waals surface area (Å²) >= 11 is 12.5. The third kappa shape index (κ3) is 2.94. The van der Waals surface area contributed by atoms with Crippen LogP contribution >= 0.6 is 23.2 Å². The number of para-hydroxylation sites is 1. The fraction of sp³-hybridized carbons (Fsp3) is 0.294. The molecule has 1 fully saturated rings. The summed E-state index contributed by atoms with van der Waals surface area (Å²) in [4.78, 5) is 0. The van der Waals surface area contributed by atoms with E-state index < -0.39 is 0 Å². The first-order valence-corrected chi connectivity index (χ1v) is 7.68. The van der Waals surface area contributed by atoms with Crippen molar-refractivity contribution in [2.24, 2.45) is 5.92 Å². The molecule has 104 valence electrons. The third-order valence-electron chi connectivity index (χ3n) is 3.79. The summed E-state index contributed by atoms with van der Waals surface area (Å²) in [5.74, 6) is 0.671. The Kier molecular flexibility index (Phi) is 3.91. The molecule has 2 aromatic rings. The van der Waals surface area contributed by atoms with E-state index in [0.717, 1.165) is 5.69 Å². The zero-order chi connectivity index (χ0) is 14.1. The van der Waals surface area contributed by atoms with Crippen LogP contribution in [0.15, 0.2) is 42.5 Å². The molecule has 1 N–H and O–H groups in total. The molecular formula is C17H17Cl2N. The average Bonchev–Trinajstić information content (AvgIpc) is 3.24. The number of hydrogen-bond donors (Lipinski definition) is 1. The van der Waals surface area contributed by atoms with Crippen molar-refractivity contribution < 1.29 is 0 Å². The van der Waals surface area contributed by atoms with E-state index in [1.165, 1.54) is 24.0 Å². The van der Waals surface area contributed by atoms with E-state index in [9.17, 15) is 0 Å². The highest BCUT2D eigenvalue weighted by molar-refractivity contribution is 6.39. The molecule has 0 amide bonds. The molecule has 3 rings (SSSR count). The van der Waals surface area contributed by atoms with E-state index in [1.54, 1.807) is 0 Å². The van der Waals surface area contributed by atoms with Crippen molar-refractivity contribution in [2.75, 3.05) is 5.32 Å². The molecular weight excluding hydrogens is 289 g/mol. The maximum Gasteiger partial charge on any atom is 0.0723 e. The van der Waals surface area contributed by atoms with E-state index in [-0.39, 0.29) is 6.04 Å². The quantitative estimate of drug-likeness (QED) is 0.745. The van der Waals surface area contributed by atoms with E-state index >= 15 is 0 Å². The van der Waals surface area contributed by atoms with Gasteiger partial charge in [0, 0.05) is 0 Å². The minimum atomic E-state index is 0.285. The van der Waals surface area contributed by atoms with Gasteiger partial charge in [0.2, 0.25) is 0 Å². The molecule has 2 aromatic carbocycles. The van der Waals surface area contributed by atoms with Crippen molar-refractivity contribution >= 4 is 28.9 Å². The minimum absolute atomic E-state index is 0.285. The molecule has 0 spiro atoms. The highest BCUT2D eigenvalue weighted by Gasteiger charge is 2.32. The molecule has 20 heavy (non-hydrogen) atoms. The first-order valence-electron chi connectivity index (χ1n) is 6.92. The first kappa shape index (κ1) is 13.8. The molecule has 0 aromatic heterocycles. The largest absolute Gasteiger partial charge is 0.376 e. The summed E-state index contributed by atoms with van der Waals surface area (Å²) < 4.78 is 0. The van der Waals surface area contributed by atoms with Crippen LogP contribution in [-0.2, 0) is 0 Å². The molecule has 1 atom stereocenters. The Morgan fingerprint density at radius 3 is 2.15 bits per heavy atom. The SMILES string of the molecule is Cc1ccc(C(Nc2c(Cl)cccc2Cl)C2CC2)cc1. The number of rotatable bonds is 4. The van der Waals surface area contributed by atoms with Crippen LogP contribution < -0.4 is 5.32 Å². The second kappa shape index (κ2) is 5.67. The van der Waals surface area contributed by atoms with E-state index in [4.69, 9.17) is 23.2 Å². The van der Waals surface area contributed by atoms with Crippen molar-refractivity contribution in [1.29, 1.82) is 0 Å². The van der Waals surface area contributed by atoms with Crippen LogP contribution in [0, 0.1) is 12.8 Å². The summed E-state index contributed by atoms with van der Waals surface area (Å²) in [5.41, 5.74) is 3.42. The van der Waals surface area contributed by atoms with E-state index in [0.29, 0.717) is 16.0 Å². The normalized spacial score (nSPS) is 15.9. The number of aryl methyl sites for hydroxylation is 1. The Bertz CT molecular complexity index is 583. The van der Waals surface area contributed by atoms with E-state index in [1.807, 2.05) is 18.2 Å². The molecule has 1 aliphatic carbocycles. The van der Waals surface area contributed by atoms with Gasteiger partial charge in [-0.15, -0.1) is 0 Å². The maximum absolute atomic E-state index is 6.26. The lowest BCUT2D eigenvalue weighted by atomic mass is 10.0. The summed E-state index contributed by atoms with van der Waals surface area (Å²) in [7, 11) is 0. The standard InChI is InChI=1S/C17H17Cl2N/c1-11-5-7-12(8-6-11)16(13-9-10-13)20-17-14(18)3-2-4-15(17)19/h2-8,13,16,20H,9-10H2,1H3. The monoisotopic (exact) mass is 305 g/mol. The Morgan fingerprint density at radius 2 is 1.60 bits per heavy atom. The summed E-state index contributed by atoms with van der Waals surface area (Å²) in [6.45, 7) is 2.11. The Morgan fingerprint density at radius 1 is 1.00 bits per heavy atom. The number of anilines is 1. The van der Waals surface area contributed by atoms with Crippen molar-refractivity contribution in [3.63, 3.8) is 0 Å². The zero-order valence-electron chi connectivity index (χ0n) is 11.4. The molecule has 0 radical (unpaired) electrons. The molecule has 0 heterocycles. The molecule has 1 nitrogen and oxygen atoms in total. The van der Waals surface area contributed by atoms with Crippen molar-refractivity contribution in [3.05, 3.63) is 63.6 Å². The van der Waals surface area contributed by atoms with Gasteiger partial charge in [-0.25, -0.2) is 0 Å². The maximum atomic E-state index is 6.26. The number of benzene rings is 2. The topological polar surface area (TPSA) is 12.0 Å². The Balaban J connectivity index is 1.90. The van der Waals surface area contributed by atoms with Gasteiger partial charge < -0.3 is 5.32 Å². The summed E-state index contributed by atoms with van der Waals surface area (Å²) in [5, 5.41) is 4.90. The van der Waals surface area contributed by atoms with Crippen LogP contribution in [0.3, 0.4) is 0 Å². The fourth-order valence-corrected chi connectivity index (χ4v) is 2.97. The first-order chi connectivity index (χ1) is 9.65. The molecule has 0 aliphatic heterocycles. The van der Waals surface area contributed by atoms with Crippen LogP contribution in [0.2, 0.25) is 10.0 Å². The van der Waals surface area contributed by atoms with Crippen molar-refractivity contribution in [1.82, 2.24) is 0 Å². The van der Waals surface area contributed by atoms with Gasteiger partial charge in [0.15, 0.2) is 0 Å². The van der Waals surface area contributed by atoms with Crippen molar-refractivity contribution in [3.8, 4) is 0 Å². The van der Waals surface area contributed by atoms with Gasteiger partial charge in [-0.3, -0.25) is 0 Å². The number of halogens is 2. The Labute approximate surface area is 129 Å². The second-order valence-electron chi connectivity index (χ2n) is 5.47. The molecule has 1 unspecified atom stereocenters. The molecule has 0 saturated heterocycles. The van der Waals surface area contributed by atoms with E-state index in [2.05, 4.69) is 36.5 Å². The van der Waals surface area contributed by atoms with Gasteiger partial charge in [0.05, 0.1) is 21.8 Å². The van der Waals surface area contributed by atoms with Crippen LogP contribution in [0.1, 0.15) is 30.0 Å². The van der Waals surface area contributed by atoms with Crippen LogP contribution in [-0.4, -0.2) is 0 Å². The summed E-state index contributed by atoms with van der Waals surface area (Å²) in [6, 6.07) is 14.6. The number of hydrogen-bond acceptors (Lipinski definition) is 1. The van der Waals surface area contributed by atoms with Gasteiger partial charge in [0.1, 0.15) is 0 Å². The second-order valence-corrected chi connectivity index (χ2v) is 6.28. The van der Waals surface area contributed by atoms with Gasteiger partial charge in [0.25, 0.3) is 0 Å². The van der Waals surface area contributed by atoms with Crippen LogP contribution in [0.4, 0.5) is 5.69 Å². The fourth-order valence-electron chi connectivity index (χ4n) is 2.47. The van der Waals surface area contributed by atoms with Crippen LogP contribution in [0.25, 0.3) is 0 Å². The lowest BCUT2D eigenvalue weighted by molar-refractivity contribution is 0.679. The molecule has 0 bridgehead atoms. The Hall–Kier alpha value is -1.18. The third-order valence-corrected chi connectivity index (χ3v) is 4.42. The predicted octanol–water partition coefficient (Wildman–Crippen LogP) is 5.87. The zero-order valence-corrected chi connectivity index (χ0v) is 12.9. The highest BCUT2D eigenvalue weighted by atomic mass is 35.5. The summed E-state index contributed by atoms with van der Waals surface area (Å²) in [6.07, 6.45) is 2.52. The lowest BCUT2D eigenvalue weighted by Crippen LogP contribution is -2.13. The van der Waals surface area contributed by atoms with Crippen molar-refractivity contribution in [2.45, 2.75) is 25.8 Å². The van der Waals surface area contributed by atoms with Gasteiger partial charge >= 0.3 is 0 Å². The average molecular weight is 306 g/mol. The lowest BCUT2D eigenvalue weighted by Gasteiger charge is -2.22. The van der Waals surface area contributed by atoms with Gasteiger partial charge in [-0.2, -0.15) is 0 Å². The van der Waals surface area contributed by atoms with Gasteiger partial charge in [-0.1, -0.05) is 59.1 Å². The molecule has 1 aliphatic rings. The highest BCUT2D eigenvalue weighted by Crippen LogP contribution is 2.44. The number of nitrogens with one attached hydrogen (secondary N) is 1. The molecule has 3 heteroatoms. The smallest absolute Gasteiger partial charge is 0.0723 e.